The first-order valence-corrected chi connectivity index (χ1v) is 10.2. The number of nitrogens with one attached hydrogen (secondary N) is 1. The normalized spacial score (nSPS) is 17.3. The number of thioether (sulfide) groups is 1. The molecule has 1 fully saturated rings. The standard InChI is InChI=1S/C18H13ClF3N3O3S2/c1-24-16(27)14(17(28)25(30-24)11-5-3-2-4-6-11)15(26)23-10-7-8-13(12(19)9-10)29-18(20,21)22/h2-9,14H,1H3,(H,23,26). The number of nitrogens with zero attached hydrogens (tertiary/aromatic N) is 2. The van der Waals surface area contributed by atoms with Gasteiger partial charge in [0.2, 0.25) is 5.91 Å². The Labute approximate surface area is 183 Å². The van der Waals surface area contributed by atoms with Gasteiger partial charge in [-0.2, -0.15) is 13.2 Å². The van der Waals surface area contributed by atoms with Crippen molar-refractivity contribution in [2.24, 2.45) is 5.92 Å². The van der Waals surface area contributed by atoms with Gasteiger partial charge in [0.15, 0.2) is 5.92 Å². The van der Waals surface area contributed by atoms with Gasteiger partial charge in [-0.05, 0) is 42.1 Å². The zero-order chi connectivity index (χ0) is 22.1. The van der Waals surface area contributed by atoms with Crippen LogP contribution in [0, 0.1) is 5.92 Å². The molecule has 12 heteroatoms. The fourth-order valence-corrected chi connectivity index (χ4v) is 4.24. The lowest BCUT2D eigenvalue weighted by Crippen LogP contribution is -2.52. The van der Waals surface area contributed by atoms with Crippen LogP contribution in [0.4, 0.5) is 24.5 Å². The molecule has 0 saturated carbocycles. The second kappa shape index (κ2) is 8.78. The first-order chi connectivity index (χ1) is 14.1. The molecule has 3 amide bonds. The zero-order valence-corrected chi connectivity index (χ0v) is 17.5. The number of rotatable bonds is 4. The Hall–Kier alpha value is -2.37. The maximum absolute atomic E-state index is 12.8. The maximum Gasteiger partial charge on any atom is 0.446 e. The molecule has 1 unspecified atom stereocenters. The Morgan fingerprint density at radius 1 is 1.13 bits per heavy atom. The molecule has 1 saturated heterocycles. The minimum absolute atomic E-state index is 0.0595. The molecule has 1 heterocycles. The van der Waals surface area contributed by atoms with E-state index in [4.69, 9.17) is 11.6 Å². The molecule has 30 heavy (non-hydrogen) atoms. The van der Waals surface area contributed by atoms with Crippen molar-refractivity contribution in [1.29, 1.82) is 0 Å². The molecule has 0 aliphatic carbocycles. The molecule has 0 bridgehead atoms. The first kappa shape index (κ1) is 22.3. The summed E-state index contributed by atoms with van der Waals surface area (Å²) in [6.07, 6.45) is 0. The lowest BCUT2D eigenvalue weighted by atomic mass is 10.1. The van der Waals surface area contributed by atoms with Gasteiger partial charge in [0.25, 0.3) is 11.8 Å². The highest BCUT2D eigenvalue weighted by Crippen LogP contribution is 2.41. The number of hydrogen-bond donors (Lipinski definition) is 1. The van der Waals surface area contributed by atoms with Crippen LogP contribution in [-0.2, 0) is 14.4 Å². The molecule has 1 aliphatic rings. The van der Waals surface area contributed by atoms with Crippen LogP contribution >= 0.6 is 35.5 Å². The van der Waals surface area contributed by atoms with Crippen LogP contribution in [0.1, 0.15) is 0 Å². The van der Waals surface area contributed by atoms with Gasteiger partial charge in [0, 0.05) is 17.6 Å². The summed E-state index contributed by atoms with van der Waals surface area (Å²) in [6, 6.07) is 11.9. The van der Waals surface area contributed by atoms with Crippen LogP contribution in [0.15, 0.2) is 53.4 Å². The average Bonchev–Trinajstić information content (AvgIpc) is 2.67. The molecular formula is C18H13ClF3N3O3S2. The molecule has 2 aromatic rings. The lowest BCUT2D eigenvalue weighted by Gasteiger charge is -2.34. The van der Waals surface area contributed by atoms with E-state index in [0.717, 1.165) is 28.6 Å². The topological polar surface area (TPSA) is 69.7 Å². The third-order valence-electron chi connectivity index (χ3n) is 3.89. The van der Waals surface area contributed by atoms with E-state index in [1.165, 1.54) is 17.4 Å². The SMILES string of the molecule is CN1SN(c2ccccc2)C(=O)C(C(=O)Nc2ccc(SC(F)(F)F)c(Cl)c2)C1=O. The number of anilines is 2. The van der Waals surface area contributed by atoms with Crippen molar-refractivity contribution in [1.82, 2.24) is 4.31 Å². The monoisotopic (exact) mass is 475 g/mol. The van der Waals surface area contributed by atoms with Crippen molar-refractivity contribution in [3.05, 3.63) is 53.6 Å². The zero-order valence-electron chi connectivity index (χ0n) is 15.1. The molecule has 6 nitrogen and oxygen atoms in total. The number of amides is 3. The predicted molar refractivity (Wildman–Crippen MR) is 110 cm³/mol. The van der Waals surface area contributed by atoms with E-state index in [0.29, 0.717) is 5.69 Å². The van der Waals surface area contributed by atoms with Gasteiger partial charge < -0.3 is 5.32 Å². The van der Waals surface area contributed by atoms with E-state index in [1.807, 2.05) is 0 Å². The van der Waals surface area contributed by atoms with Crippen LogP contribution in [0.5, 0.6) is 0 Å². The quantitative estimate of drug-likeness (QED) is 0.398. The minimum atomic E-state index is -4.52. The Balaban J connectivity index is 1.80. The van der Waals surface area contributed by atoms with Crippen LogP contribution in [0.25, 0.3) is 0 Å². The van der Waals surface area contributed by atoms with Gasteiger partial charge in [0.1, 0.15) is 0 Å². The maximum atomic E-state index is 12.8. The van der Waals surface area contributed by atoms with Gasteiger partial charge in [-0.25, -0.2) is 4.31 Å². The highest BCUT2D eigenvalue weighted by atomic mass is 35.5. The molecule has 0 aromatic heterocycles. The third kappa shape index (κ3) is 5.02. The van der Waals surface area contributed by atoms with Crippen molar-refractivity contribution in [2.45, 2.75) is 10.4 Å². The van der Waals surface area contributed by atoms with E-state index in [-0.39, 0.29) is 27.4 Å². The number of carbonyl (C=O) groups is 3. The number of alkyl halides is 3. The van der Waals surface area contributed by atoms with E-state index in [9.17, 15) is 27.6 Å². The van der Waals surface area contributed by atoms with E-state index in [1.54, 1.807) is 30.3 Å². The second-order valence-corrected chi connectivity index (χ2v) is 8.59. The number of para-hydroxylation sites is 1. The molecule has 0 spiro atoms. The van der Waals surface area contributed by atoms with Gasteiger partial charge in [0.05, 0.1) is 22.8 Å². The Morgan fingerprint density at radius 2 is 1.80 bits per heavy atom. The van der Waals surface area contributed by atoms with Crippen LogP contribution in [0.3, 0.4) is 0 Å². The summed E-state index contributed by atoms with van der Waals surface area (Å²) < 4.78 is 40.0. The third-order valence-corrected chi connectivity index (χ3v) is 6.10. The summed E-state index contributed by atoms with van der Waals surface area (Å²) in [6.45, 7) is 0. The van der Waals surface area contributed by atoms with Crippen LogP contribution < -0.4 is 9.62 Å². The van der Waals surface area contributed by atoms with Gasteiger partial charge in [-0.15, -0.1) is 0 Å². The number of carbonyl (C=O) groups excluding carboxylic acids is 3. The Kier molecular flexibility index (Phi) is 6.53. The number of benzene rings is 2. The molecule has 3 rings (SSSR count). The molecule has 2 aromatic carbocycles. The molecule has 1 atom stereocenters. The van der Waals surface area contributed by atoms with E-state index in [2.05, 4.69) is 5.32 Å². The molecule has 1 aliphatic heterocycles. The summed E-state index contributed by atoms with van der Waals surface area (Å²) in [5, 5.41) is 2.15. The fourth-order valence-electron chi connectivity index (χ4n) is 2.57. The first-order valence-electron chi connectivity index (χ1n) is 8.27. The van der Waals surface area contributed by atoms with Gasteiger partial charge >= 0.3 is 5.51 Å². The van der Waals surface area contributed by atoms with Gasteiger partial charge in [-0.1, -0.05) is 29.8 Å². The van der Waals surface area contributed by atoms with Crippen molar-refractivity contribution < 1.29 is 27.6 Å². The second-order valence-electron chi connectivity index (χ2n) is 6.00. The molecular weight excluding hydrogens is 463 g/mol. The fraction of sp³-hybridized carbons (Fsp3) is 0.167. The minimum Gasteiger partial charge on any atom is -0.325 e. The Bertz CT molecular complexity index is 992. The predicted octanol–water partition coefficient (Wildman–Crippen LogP) is 4.58. The van der Waals surface area contributed by atoms with E-state index < -0.39 is 29.1 Å². The van der Waals surface area contributed by atoms with Crippen molar-refractivity contribution in [3.63, 3.8) is 0 Å². The van der Waals surface area contributed by atoms with E-state index >= 15 is 0 Å². The molecule has 1 N–H and O–H groups in total. The smallest absolute Gasteiger partial charge is 0.325 e. The van der Waals surface area contributed by atoms with Crippen LogP contribution in [0.2, 0.25) is 5.02 Å². The largest absolute Gasteiger partial charge is 0.446 e. The number of halogens is 4. The van der Waals surface area contributed by atoms with Crippen molar-refractivity contribution in [3.8, 4) is 0 Å². The highest BCUT2D eigenvalue weighted by Gasteiger charge is 2.45. The number of hydrogen-bond acceptors (Lipinski definition) is 5. The van der Waals surface area contributed by atoms with Crippen molar-refractivity contribution in [2.75, 3.05) is 16.7 Å². The highest BCUT2D eigenvalue weighted by molar-refractivity contribution is 8.00. The summed E-state index contributed by atoms with van der Waals surface area (Å²) in [4.78, 5) is 37.8. The van der Waals surface area contributed by atoms with Gasteiger partial charge in [-0.3, -0.25) is 18.7 Å². The average molecular weight is 476 g/mol. The lowest BCUT2D eigenvalue weighted by molar-refractivity contribution is -0.142. The summed E-state index contributed by atoms with van der Waals surface area (Å²) in [5.74, 6) is -4.02. The van der Waals surface area contributed by atoms with Crippen molar-refractivity contribution >= 4 is 64.6 Å². The summed E-state index contributed by atoms with van der Waals surface area (Å²) >= 11 is 6.33. The van der Waals surface area contributed by atoms with Crippen LogP contribution in [-0.4, -0.2) is 34.6 Å². The molecule has 0 radical (unpaired) electrons. The Morgan fingerprint density at radius 3 is 2.40 bits per heavy atom. The summed E-state index contributed by atoms with van der Waals surface area (Å²) in [5.41, 5.74) is -3.97. The molecule has 158 valence electrons. The summed E-state index contributed by atoms with van der Waals surface area (Å²) in [7, 11) is 1.43.